The van der Waals surface area contributed by atoms with Crippen molar-refractivity contribution in [1.82, 2.24) is 0 Å². The largest absolute Gasteiger partial charge is 0.462 e. The number of fused-ring (bicyclic) bond motifs is 1. The van der Waals surface area contributed by atoms with Gasteiger partial charge in [-0.2, -0.15) is 0 Å². The zero-order valence-electron chi connectivity index (χ0n) is 16.3. The van der Waals surface area contributed by atoms with Crippen LogP contribution < -0.4 is 14.8 Å². The number of hydrogen-bond acceptors (Lipinski definition) is 8. The number of thiophene rings is 1. The highest BCUT2D eigenvalue weighted by molar-refractivity contribution is 7.18. The number of hydrogen-bond donors (Lipinski definition) is 1. The Morgan fingerprint density at radius 2 is 1.76 bits per heavy atom. The standard InChI is InChI=1S/C20H21NO7S/c1-4-25-19(23)16-11(3)17(20(24)26-5-2)29-18(16)21-15(22)9-12-6-7-13-14(8-12)28-10-27-13/h6-8H,4-5,9-10H2,1-3H3,(H,21,22). The fraction of sp³-hybridized carbons (Fsp3) is 0.350. The molecule has 2 heterocycles. The van der Waals surface area contributed by atoms with Crippen LogP contribution in [-0.2, 0) is 20.7 Å². The van der Waals surface area contributed by atoms with Crippen LogP contribution in [0.15, 0.2) is 18.2 Å². The molecule has 9 heteroatoms. The summed E-state index contributed by atoms with van der Waals surface area (Å²) in [4.78, 5) is 37.4. The van der Waals surface area contributed by atoms with Crippen molar-refractivity contribution in [1.29, 1.82) is 0 Å². The topological polar surface area (TPSA) is 100 Å². The molecule has 2 aromatic rings. The third-order valence-corrected chi connectivity index (χ3v) is 5.33. The van der Waals surface area contributed by atoms with Gasteiger partial charge in [-0.1, -0.05) is 6.07 Å². The van der Waals surface area contributed by atoms with E-state index in [1.807, 2.05) is 0 Å². The fourth-order valence-electron chi connectivity index (χ4n) is 2.85. The van der Waals surface area contributed by atoms with Gasteiger partial charge < -0.3 is 24.3 Å². The van der Waals surface area contributed by atoms with Gasteiger partial charge in [0.05, 0.1) is 25.2 Å². The summed E-state index contributed by atoms with van der Waals surface area (Å²) in [5.74, 6) is -0.274. The number of carbonyl (C=O) groups is 3. The van der Waals surface area contributed by atoms with Gasteiger partial charge in [0.1, 0.15) is 9.88 Å². The molecule has 0 spiro atoms. The third kappa shape index (κ3) is 4.51. The molecule has 1 amide bonds. The molecule has 1 N–H and O–H groups in total. The summed E-state index contributed by atoms with van der Waals surface area (Å²) in [6.45, 7) is 5.54. The summed E-state index contributed by atoms with van der Waals surface area (Å²) in [5, 5.41) is 2.98. The van der Waals surface area contributed by atoms with Crippen LogP contribution in [0.2, 0.25) is 0 Å². The maximum Gasteiger partial charge on any atom is 0.348 e. The van der Waals surface area contributed by atoms with E-state index in [0.717, 1.165) is 16.9 Å². The van der Waals surface area contributed by atoms with Crippen molar-refractivity contribution in [2.24, 2.45) is 0 Å². The van der Waals surface area contributed by atoms with Gasteiger partial charge in [-0.15, -0.1) is 11.3 Å². The molecule has 29 heavy (non-hydrogen) atoms. The van der Waals surface area contributed by atoms with Gasteiger partial charge >= 0.3 is 11.9 Å². The van der Waals surface area contributed by atoms with Crippen LogP contribution in [0.5, 0.6) is 11.5 Å². The maximum atomic E-state index is 12.6. The predicted octanol–water partition coefficient (Wildman–Crippen LogP) is 3.32. The molecule has 1 aliphatic heterocycles. The van der Waals surface area contributed by atoms with Crippen molar-refractivity contribution in [3.05, 3.63) is 39.8 Å². The minimum atomic E-state index is -0.602. The van der Waals surface area contributed by atoms with Crippen molar-refractivity contribution in [3.63, 3.8) is 0 Å². The summed E-state index contributed by atoms with van der Waals surface area (Å²) in [6.07, 6.45) is 0.0601. The normalized spacial score (nSPS) is 11.8. The molecule has 1 aromatic heterocycles. The Balaban J connectivity index is 1.82. The zero-order valence-corrected chi connectivity index (χ0v) is 17.1. The second-order valence-corrected chi connectivity index (χ2v) is 7.13. The maximum absolute atomic E-state index is 12.6. The van der Waals surface area contributed by atoms with Gasteiger partial charge in [-0.3, -0.25) is 4.79 Å². The van der Waals surface area contributed by atoms with Crippen LogP contribution in [-0.4, -0.2) is 37.9 Å². The summed E-state index contributed by atoms with van der Waals surface area (Å²) < 4.78 is 20.7. The zero-order chi connectivity index (χ0) is 21.0. The Bertz CT molecular complexity index is 951. The first-order valence-corrected chi connectivity index (χ1v) is 9.92. The van der Waals surface area contributed by atoms with Crippen molar-refractivity contribution >= 4 is 34.2 Å². The van der Waals surface area contributed by atoms with Gasteiger partial charge in [-0.05, 0) is 44.0 Å². The first kappa shape index (κ1) is 20.7. The van der Waals surface area contributed by atoms with Gasteiger partial charge in [0.15, 0.2) is 11.5 Å². The van der Waals surface area contributed by atoms with Crippen molar-refractivity contribution in [2.45, 2.75) is 27.2 Å². The van der Waals surface area contributed by atoms with Crippen molar-refractivity contribution in [3.8, 4) is 11.5 Å². The van der Waals surface area contributed by atoms with Crippen LogP contribution >= 0.6 is 11.3 Å². The molecule has 8 nitrogen and oxygen atoms in total. The summed E-state index contributed by atoms with van der Waals surface area (Å²) >= 11 is 0.995. The van der Waals surface area contributed by atoms with E-state index in [1.54, 1.807) is 39.0 Å². The van der Waals surface area contributed by atoms with E-state index in [9.17, 15) is 14.4 Å². The highest BCUT2D eigenvalue weighted by atomic mass is 32.1. The fourth-order valence-corrected chi connectivity index (χ4v) is 3.95. The first-order valence-electron chi connectivity index (χ1n) is 9.10. The number of benzene rings is 1. The van der Waals surface area contributed by atoms with Crippen LogP contribution in [0.3, 0.4) is 0 Å². The summed E-state index contributed by atoms with van der Waals surface area (Å²) in [5.41, 5.74) is 1.31. The Kier molecular flexibility index (Phi) is 6.38. The minimum absolute atomic E-state index is 0.0601. The number of esters is 2. The molecule has 154 valence electrons. The molecule has 0 fully saturated rings. The molecule has 0 atom stereocenters. The van der Waals surface area contributed by atoms with Gasteiger partial charge in [0, 0.05) is 0 Å². The summed E-state index contributed by atoms with van der Waals surface area (Å²) in [6, 6.07) is 5.24. The molecule has 1 aliphatic rings. The highest BCUT2D eigenvalue weighted by Gasteiger charge is 2.27. The monoisotopic (exact) mass is 419 g/mol. The summed E-state index contributed by atoms with van der Waals surface area (Å²) in [7, 11) is 0. The number of rotatable bonds is 7. The van der Waals surface area contributed by atoms with Crippen LogP contribution in [0.1, 0.15) is 45.0 Å². The molecule has 0 saturated carbocycles. The number of carbonyl (C=O) groups excluding carboxylic acids is 3. The molecule has 0 saturated heterocycles. The van der Waals surface area contributed by atoms with E-state index in [0.29, 0.717) is 17.1 Å². The molecule has 0 radical (unpaired) electrons. The minimum Gasteiger partial charge on any atom is -0.462 e. The number of ether oxygens (including phenoxy) is 4. The van der Waals surface area contributed by atoms with Gasteiger partial charge in [0.25, 0.3) is 0 Å². The number of anilines is 1. The van der Waals surface area contributed by atoms with E-state index in [-0.39, 0.29) is 47.8 Å². The van der Waals surface area contributed by atoms with Gasteiger partial charge in [-0.25, -0.2) is 9.59 Å². The predicted molar refractivity (Wildman–Crippen MR) is 106 cm³/mol. The molecular formula is C20H21NO7S. The van der Waals surface area contributed by atoms with Crippen LogP contribution in [0.4, 0.5) is 5.00 Å². The average Bonchev–Trinajstić information content (AvgIpc) is 3.26. The van der Waals surface area contributed by atoms with E-state index in [1.165, 1.54) is 0 Å². The molecule has 3 rings (SSSR count). The Hall–Kier alpha value is -3.07. The lowest BCUT2D eigenvalue weighted by Crippen LogP contribution is -2.16. The SMILES string of the molecule is CCOC(=O)c1sc(NC(=O)Cc2ccc3c(c2)OCO3)c(C(=O)OCC)c1C. The lowest BCUT2D eigenvalue weighted by atomic mass is 10.1. The van der Waals surface area contributed by atoms with E-state index < -0.39 is 11.9 Å². The second kappa shape index (κ2) is 8.95. The van der Waals surface area contributed by atoms with E-state index >= 15 is 0 Å². The van der Waals surface area contributed by atoms with Crippen LogP contribution in [0.25, 0.3) is 0 Å². The number of nitrogens with one attached hydrogen (secondary N) is 1. The second-order valence-electron chi connectivity index (χ2n) is 6.11. The first-order chi connectivity index (χ1) is 13.9. The number of amides is 1. The Morgan fingerprint density at radius 3 is 2.48 bits per heavy atom. The van der Waals surface area contributed by atoms with Crippen LogP contribution in [0, 0.1) is 6.92 Å². The molecule has 1 aromatic carbocycles. The van der Waals surface area contributed by atoms with Gasteiger partial charge in [0.2, 0.25) is 12.7 Å². The molecular weight excluding hydrogens is 398 g/mol. The molecule has 0 aliphatic carbocycles. The average molecular weight is 419 g/mol. The van der Waals surface area contributed by atoms with E-state index in [2.05, 4.69) is 5.32 Å². The van der Waals surface area contributed by atoms with Crippen molar-refractivity contribution < 1.29 is 33.3 Å². The third-order valence-electron chi connectivity index (χ3n) is 4.14. The molecule has 0 bridgehead atoms. The smallest absolute Gasteiger partial charge is 0.348 e. The van der Waals surface area contributed by atoms with E-state index in [4.69, 9.17) is 18.9 Å². The quantitative estimate of drug-likeness (QED) is 0.687. The lowest BCUT2D eigenvalue weighted by molar-refractivity contribution is -0.115. The molecule has 0 unspecified atom stereocenters. The Labute approximate surface area is 171 Å². The lowest BCUT2D eigenvalue weighted by Gasteiger charge is -2.07. The van der Waals surface area contributed by atoms with Crippen molar-refractivity contribution in [2.75, 3.05) is 25.3 Å². The Morgan fingerprint density at radius 1 is 1.07 bits per heavy atom. The highest BCUT2D eigenvalue weighted by Crippen LogP contribution is 2.35.